The molecule has 0 spiro atoms. The van der Waals surface area contributed by atoms with Gasteiger partial charge >= 0.3 is 6.01 Å². The third kappa shape index (κ3) is 5.98. The molecule has 0 bridgehead atoms. The molecule has 0 radical (unpaired) electrons. The number of carbonyl (C=O) groups excluding carboxylic acids is 1. The van der Waals surface area contributed by atoms with Crippen LogP contribution in [0.15, 0.2) is 4.42 Å². The first kappa shape index (κ1) is 16.4. The number of hydrogen-bond acceptors (Lipinski definition) is 7. The maximum atomic E-state index is 11.1. The number of ether oxygens (including phenoxy) is 1. The number of nitrogens with two attached hydrogens (primary N) is 1. The molecule has 0 atom stereocenters. The van der Waals surface area contributed by atoms with Gasteiger partial charge in [-0.2, -0.15) is 0 Å². The fourth-order valence-electron chi connectivity index (χ4n) is 1.65. The van der Waals surface area contributed by atoms with Crippen molar-refractivity contribution in [3.05, 3.63) is 5.89 Å². The molecule has 20 heavy (non-hydrogen) atoms. The number of nitrogens with zero attached hydrogens (tertiary/aromatic N) is 3. The Morgan fingerprint density at radius 3 is 2.85 bits per heavy atom. The predicted molar refractivity (Wildman–Crippen MR) is 74.1 cm³/mol. The van der Waals surface area contributed by atoms with Crippen LogP contribution in [0.25, 0.3) is 0 Å². The summed E-state index contributed by atoms with van der Waals surface area (Å²) in [6, 6.07) is 0.320. The molecule has 1 rings (SSSR count). The lowest BCUT2D eigenvalue weighted by Crippen LogP contribution is -2.36. The minimum absolute atomic E-state index is 0.0664. The van der Waals surface area contributed by atoms with Crippen LogP contribution in [-0.4, -0.2) is 49.5 Å². The van der Waals surface area contributed by atoms with Gasteiger partial charge in [-0.25, -0.2) is 0 Å². The van der Waals surface area contributed by atoms with Crippen LogP contribution in [0.4, 0.5) is 6.01 Å². The molecule has 0 aromatic carbocycles. The SMILES string of the molecule is COCCNCc1nnc(N(CC(N)=O)CC(C)C)o1. The second-order valence-electron chi connectivity index (χ2n) is 4.89. The number of anilines is 1. The molecule has 0 aliphatic rings. The van der Waals surface area contributed by atoms with Crippen molar-refractivity contribution in [2.75, 3.05) is 38.3 Å². The standard InChI is InChI=1S/C12H23N5O3/c1-9(2)7-17(8-10(13)18)12-16-15-11(20-12)6-14-4-5-19-3/h9,14H,4-8H2,1-3H3,(H2,13,18). The minimum Gasteiger partial charge on any atom is -0.407 e. The van der Waals surface area contributed by atoms with Crippen LogP contribution in [0.3, 0.4) is 0 Å². The van der Waals surface area contributed by atoms with E-state index in [1.54, 1.807) is 12.0 Å². The van der Waals surface area contributed by atoms with Gasteiger partial charge in [0.05, 0.1) is 13.2 Å². The fourth-order valence-corrected chi connectivity index (χ4v) is 1.65. The molecule has 0 fully saturated rings. The smallest absolute Gasteiger partial charge is 0.318 e. The van der Waals surface area contributed by atoms with Crippen LogP contribution in [0.1, 0.15) is 19.7 Å². The Bertz CT molecular complexity index is 408. The highest BCUT2D eigenvalue weighted by molar-refractivity contribution is 5.78. The highest BCUT2D eigenvalue weighted by Crippen LogP contribution is 2.13. The number of rotatable bonds is 10. The first-order valence-corrected chi connectivity index (χ1v) is 6.58. The highest BCUT2D eigenvalue weighted by atomic mass is 16.5. The Balaban J connectivity index is 2.58. The van der Waals surface area contributed by atoms with Crippen molar-refractivity contribution >= 4 is 11.9 Å². The van der Waals surface area contributed by atoms with Crippen molar-refractivity contribution in [1.29, 1.82) is 0 Å². The zero-order valence-corrected chi connectivity index (χ0v) is 12.3. The summed E-state index contributed by atoms with van der Waals surface area (Å²) >= 11 is 0. The quantitative estimate of drug-likeness (QED) is 0.571. The first-order valence-electron chi connectivity index (χ1n) is 6.58. The Morgan fingerprint density at radius 1 is 1.50 bits per heavy atom. The summed E-state index contributed by atoms with van der Waals surface area (Å²) in [5.41, 5.74) is 5.23. The molecule has 1 aromatic heterocycles. The van der Waals surface area contributed by atoms with Gasteiger partial charge in [0.25, 0.3) is 0 Å². The number of carbonyl (C=O) groups is 1. The van der Waals surface area contributed by atoms with Gasteiger partial charge in [0.2, 0.25) is 11.8 Å². The predicted octanol–water partition coefficient (Wildman–Crippen LogP) is -0.247. The van der Waals surface area contributed by atoms with E-state index < -0.39 is 5.91 Å². The number of methoxy groups -OCH3 is 1. The van der Waals surface area contributed by atoms with Gasteiger partial charge in [-0.15, -0.1) is 5.10 Å². The fraction of sp³-hybridized carbons (Fsp3) is 0.750. The maximum Gasteiger partial charge on any atom is 0.318 e. The van der Waals surface area contributed by atoms with E-state index >= 15 is 0 Å². The van der Waals surface area contributed by atoms with Crippen molar-refractivity contribution in [3.63, 3.8) is 0 Å². The third-order valence-corrected chi connectivity index (χ3v) is 2.42. The Kier molecular flexibility index (Phi) is 6.96. The minimum atomic E-state index is -0.427. The number of nitrogens with one attached hydrogen (secondary N) is 1. The summed E-state index contributed by atoms with van der Waals surface area (Å²) in [4.78, 5) is 12.8. The molecule has 1 amide bonds. The van der Waals surface area contributed by atoms with Gasteiger partial charge in [0, 0.05) is 20.2 Å². The van der Waals surface area contributed by atoms with Crippen LogP contribution in [0.2, 0.25) is 0 Å². The van der Waals surface area contributed by atoms with Crippen LogP contribution < -0.4 is 16.0 Å². The summed E-state index contributed by atoms with van der Waals surface area (Å²) in [6.45, 7) is 6.55. The summed E-state index contributed by atoms with van der Waals surface area (Å²) in [5, 5.41) is 11.0. The average molecular weight is 285 g/mol. The van der Waals surface area contributed by atoms with E-state index in [-0.39, 0.29) is 6.54 Å². The van der Waals surface area contributed by atoms with Gasteiger partial charge in [0.15, 0.2) is 0 Å². The van der Waals surface area contributed by atoms with Gasteiger partial charge in [0.1, 0.15) is 6.54 Å². The van der Waals surface area contributed by atoms with E-state index in [1.807, 2.05) is 13.8 Å². The number of primary amides is 1. The highest BCUT2D eigenvalue weighted by Gasteiger charge is 2.17. The van der Waals surface area contributed by atoms with E-state index in [0.717, 1.165) is 0 Å². The van der Waals surface area contributed by atoms with E-state index in [0.29, 0.717) is 44.1 Å². The van der Waals surface area contributed by atoms with Crippen LogP contribution in [-0.2, 0) is 16.1 Å². The van der Waals surface area contributed by atoms with Crippen molar-refractivity contribution in [3.8, 4) is 0 Å². The molecule has 8 nitrogen and oxygen atoms in total. The Labute approximate surface area is 118 Å². The van der Waals surface area contributed by atoms with E-state index in [9.17, 15) is 4.79 Å². The van der Waals surface area contributed by atoms with Crippen LogP contribution >= 0.6 is 0 Å². The van der Waals surface area contributed by atoms with Gasteiger partial charge in [-0.3, -0.25) is 4.79 Å². The summed E-state index contributed by atoms with van der Waals surface area (Å²) in [7, 11) is 1.64. The molecular weight excluding hydrogens is 262 g/mol. The molecule has 0 saturated carbocycles. The molecule has 8 heteroatoms. The lowest BCUT2D eigenvalue weighted by Gasteiger charge is -2.20. The second kappa shape index (κ2) is 8.49. The van der Waals surface area contributed by atoms with Crippen molar-refractivity contribution in [2.45, 2.75) is 20.4 Å². The molecule has 0 aliphatic heterocycles. The van der Waals surface area contributed by atoms with E-state index in [1.165, 1.54) is 0 Å². The molecule has 0 aliphatic carbocycles. The van der Waals surface area contributed by atoms with Crippen molar-refractivity contribution in [1.82, 2.24) is 15.5 Å². The van der Waals surface area contributed by atoms with Crippen molar-refractivity contribution < 1.29 is 13.9 Å². The van der Waals surface area contributed by atoms with E-state index in [4.69, 9.17) is 14.9 Å². The Morgan fingerprint density at radius 2 is 2.25 bits per heavy atom. The van der Waals surface area contributed by atoms with Crippen LogP contribution in [0, 0.1) is 5.92 Å². The summed E-state index contributed by atoms with van der Waals surface area (Å²) < 4.78 is 10.4. The summed E-state index contributed by atoms with van der Waals surface area (Å²) in [6.07, 6.45) is 0. The molecular formula is C12H23N5O3. The number of amides is 1. The normalized spacial score (nSPS) is 11.0. The number of hydrogen-bond donors (Lipinski definition) is 2. The van der Waals surface area contributed by atoms with Crippen molar-refractivity contribution in [2.24, 2.45) is 11.7 Å². The van der Waals surface area contributed by atoms with Crippen LogP contribution in [0.5, 0.6) is 0 Å². The zero-order valence-electron chi connectivity index (χ0n) is 12.3. The summed E-state index contributed by atoms with van der Waals surface area (Å²) in [5.74, 6) is 0.391. The molecule has 0 unspecified atom stereocenters. The molecule has 114 valence electrons. The monoisotopic (exact) mass is 285 g/mol. The molecule has 1 heterocycles. The Hall–Kier alpha value is -1.67. The average Bonchev–Trinajstić information content (AvgIpc) is 2.81. The maximum absolute atomic E-state index is 11.1. The second-order valence-corrected chi connectivity index (χ2v) is 4.89. The van der Waals surface area contributed by atoms with Gasteiger partial charge in [-0.1, -0.05) is 18.9 Å². The van der Waals surface area contributed by atoms with Gasteiger partial charge < -0.3 is 25.1 Å². The molecule has 0 saturated heterocycles. The lowest BCUT2D eigenvalue weighted by atomic mass is 10.2. The lowest BCUT2D eigenvalue weighted by molar-refractivity contribution is -0.116. The topological polar surface area (TPSA) is 107 Å². The van der Waals surface area contributed by atoms with Gasteiger partial charge in [-0.05, 0) is 5.92 Å². The number of aromatic nitrogens is 2. The molecule has 1 aromatic rings. The molecule has 3 N–H and O–H groups in total. The first-order chi connectivity index (χ1) is 9.52. The van der Waals surface area contributed by atoms with E-state index in [2.05, 4.69) is 15.5 Å². The zero-order chi connectivity index (χ0) is 15.0. The third-order valence-electron chi connectivity index (χ3n) is 2.42. The largest absolute Gasteiger partial charge is 0.407 e.